The Hall–Kier alpha value is -1.55. The summed E-state index contributed by atoms with van der Waals surface area (Å²) in [6.07, 6.45) is 1.92. The van der Waals surface area contributed by atoms with Crippen molar-refractivity contribution in [2.45, 2.75) is 19.8 Å². The minimum absolute atomic E-state index is 0.544. The summed E-state index contributed by atoms with van der Waals surface area (Å²) >= 11 is 6.00. The molecule has 2 rings (SSSR count). The van der Waals surface area contributed by atoms with Gasteiger partial charge in [-0.25, -0.2) is 9.67 Å². The van der Waals surface area contributed by atoms with Gasteiger partial charge in [-0.1, -0.05) is 18.5 Å². The van der Waals surface area contributed by atoms with Crippen molar-refractivity contribution in [1.82, 2.24) is 14.8 Å². The van der Waals surface area contributed by atoms with Crippen molar-refractivity contribution in [1.29, 1.82) is 0 Å². The van der Waals surface area contributed by atoms with Crippen molar-refractivity contribution in [3.8, 4) is 11.4 Å². The van der Waals surface area contributed by atoms with Crippen molar-refractivity contribution in [3.05, 3.63) is 29.0 Å². The number of rotatable bonds is 3. The van der Waals surface area contributed by atoms with Gasteiger partial charge in [-0.15, -0.1) is 0 Å². The minimum atomic E-state index is 0.544. The Labute approximate surface area is 105 Å². The summed E-state index contributed by atoms with van der Waals surface area (Å²) in [6, 6.07) is 5.50. The van der Waals surface area contributed by atoms with Gasteiger partial charge in [-0.05, 0) is 24.6 Å². The highest BCUT2D eigenvalue weighted by molar-refractivity contribution is 6.33. The number of halogens is 1. The van der Waals surface area contributed by atoms with Gasteiger partial charge >= 0.3 is 0 Å². The van der Waals surface area contributed by atoms with Crippen LogP contribution < -0.4 is 5.73 Å². The highest BCUT2D eigenvalue weighted by Crippen LogP contribution is 2.25. The number of nitrogens with two attached hydrogens (primary N) is 1. The summed E-state index contributed by atoms with van der Waals surface area (Å²) in [5.41, 5.74) is 7.19. The molecule has 1 heterocycles. The molecule has 2 aromatic rings. The highest BCUT2D eigenvalue weighted by Gasteiger charge is 2.10. The van der Waals surface area contributed by atoms with E-state index >= 15 is 0 Å². The molecular formula is C12H15ClN4. The maximum absolute atomic E-state index is 6.00. The number of aromatic nitrogens is 3. The van der Waals surface area contributed by atoms with Crippen LogP contribution in [0.1, 0.15) is 19.2 Å². The summed E-state index contributed by atoms with van der Waals surface area (Å²) in [6.45, 7) is 2.11. The first-order valence-electron chi connectivity index (χ1n) is 5.57. The van der Waals surface area contributed by atoms with Gasteiger partial charge in [0.1, 0.15) is 0 Å². The van der Waals surface area contributed by atoms with Crippen LogP contribution in [0.5, 0.6) is 0 Å². The van der Waals surface area contributed by atoms with Crippen molar-refractivity contribution < 1.29 is 0 Å². The fraction of sp³-hybridized carbons (Fsp3) is 0.333. The van der Waals surface area contributed by atoms with Crippen molar-refractivity contribution in [3.63, 3.8) is 0 Å². The van der Waals surface area contributed by atoms with Crippen molar-refractivity contribution in [2.75, 3.05) is 5.73 Å². The molecule has 90 valence electrons. The standard InChI is InChI=1S/C12H15ClN4/c1-3-4-11-15-12(17(2)16-11)8-5-6-10(14)9(13)7-8/h5-7H,3-4,14H2,1-2H3. The summed E-state index contributed by atoms with van der Waals surface area (Å²) in [4.78, 5) is 4.49. The lowest BCUT2D eigenvalue weighted by Gasteiger charge is -2.02. The molecule has 0 aliphatic rings. The second-order valence-electron chi connectivity index (χ2n) is 3.96. The first-order valence-corrected chi connectivity index (χ1v) is 5.95. The second-order valence-corrected chi connectivity index (χ2v) is 4.37. The predicted molar refractivity (Wildman–Crippen MR) is 69.9 cm³/mol. The van der Waals surface area contributed by atoms with Gasteiger partial charge < -0.3 is 5.73 Å². The van der Waals surface area contributed by atoms with Crippen LogP contribution in [0.25, 0.3) is 11.4 Å². The number of aryl methyl sites for hydroxylation is 2. The normalized spacial score (nSPS) is 10.8. The number of nitrogen functional groups attached to an aromatic ring is 1. The van der Waals surface area contributed by atoms with E-state index in [9.17, 15) is 0 Å². The zero-order valence-electron chi connectivity index (χ0n) is 9.94. The van der Waals surface area contributed by atoms with Gasteiger partial charge in [0.25, 0.3) is 0 Å². The van der Waals surface area contributed by atoms with E-state index in [1.54, 1.807) is 10.7 Å². The fourth-order valence-corrected chi connectivity index (χ4v) is 1.87. The first kappa shape index (κ1) is 11.9. The molecule has 1 aromatic heterocycles. The molecule has 0 aliphatic heterocycles. The number of hydrogen-bond donors (Lipinski definition) is 1. The Balaban J connectivity index is 2.41. The van der Waals surface area contributed by atoms with E-state index in [2.05, 4.69) is 17.0 Å². The lowest BCUT2D eigenvalue weighted by Crippen LogP contribution is -1.95. The first-order chi connectivity index (χ1) is 8.11. The molecule has 0 spiro atoms. The molecule has 1 aromatic carbocycles. The zero-order valence-corrected chi connectivity index (χ0v) is 10.7. The molecule has 0 fully saturated rings. The number of anilines is 1. The topological polar surface area (TPSA) is 56.7 Å². The van der Waals surface area contributed by atoms with E-state index in [1.807, 2.05) is 19.2 Å². The molecule has 2 N–H and O–H groups in total. The van der Waals surface area contributed by atoms with E-state index in [-0.39, 0.29) is 0 Å². The second kappa shape index (κ2) is 4.75. The molecule has 4 nitrogen and oxygen atoms in total. The molecular weight excluding hydrogens is 236 g/mol. The van der Waals surface area contributed by atoms with Gasteiger partial charge in [0.15, 0.2) is 11.6 Å². The van der Waals surface area contributed by atoms with E-state index in [4.69, 9.17) is 17.3 Å². The molecule has 0 saturated heterocycles. The van der Waals surface area contributed by atoms with Crippen LogP contribution in [0.2, 0.25) is 5.02 Å². The average Bonchev–Trinajstić information content (AvgIpc) is 2.64. The molecule has 5 heteroatoms. The third-order valence-electron chi connectivity index (χ3n) is 2.54. The van der Waals surface area contributed by atoms with Gasteiger partial charge in [-0.3, -0.25) is 0 Å². The Morgan fingerprint density at radius 2 is 2.18 bits per heavy atom. The Bertz CT molecular complexity index is 533. The van der Waals surface area contributed by atoms with E-state index in [0.29, 0.717) is 10.7 Å². The van der Waals surface area contributed by atoms with Gasteiger partial charge in [0.2, 0.25) is 0 Å². The molecule has 0 radical (unpaired) electrons. The lowest BCUT2D eigenvalue weighted by molar-refractivity contribution is 0.737. The fourth-order valence-electron chi connectivity index (χ4n) is 1.68. The molecule has 17 heavy (non-hydrogen) atoms. The molecule has 0 saturated carbocycles. The number of hydrogen-bond acceptors (Lipinski definition) is 3. The van der Waals surface area contributed by atoms with Gasteiger partial charge in [0, 0.05) is 19.0 Å². The molecule has 0 amide bonds. The zero-order chi connectivity index (χ0) is 12.4. The van der Waals surface area contributed by atoms with E-state index < -0.39 is 0 Å². The largest absolute Gasteiger partial charge is 0.398 e. The molecule has 0 unspecified atom stereocenters. The SMILES string of the molecule is CCCc1nc(-c2ccc(N)c(Cl)c2)n(C)n1. The summed E-state index contributed by atoms with van der Waals surface area (Å²) in [5.74, 6) is 1.67. The smallest absolute Gasteiger partial charge is 0.158 e. The van der Waals surface area contributed by atoms with Crippen LogP contribution in [-0.4, -0.2) is 14.8 Å². The molecule has 0 aliphatic carbocycles. The van der Waals surface area contributed by atoms with Crippen LogP contribution in [-0.2, 0) is 13.5 Å². The van der Waals surface area contributed by atoms with E-state index in [0.717, 1.165) is 30.1 Å². The van der Waals surface area contributed by atoms with Gasteiger partial charge in [0.05, 0.1) is 10.7 Å². The average molecular weight is 251 g/mol. The van der Waals surface area contributed by atoms with Crippen LogP contribution in [0.15, 0.2) is 18.2 Å². The maximum atomic E-state index is 6.00. The Morgan fingerprint density at radius 1 is 1.41 bits per heavy atom. The lowest BCUT2D eigenvalue weighted by atomic mass is 10.2. The molecule has 0 bridgehead atoms. The van der Waals surface area contributed by atoms with Crippen LogP contribution in [0.3, 0.4) is 0 Å². The minimum Gasteiger partial charge on any atom is -0.398 e. The van der Waals surface area contributed by atoms with Crippen LogP contribution in [0.4, 0.5) is 5.69 Å². The highest BCUT2D eigenvalue weighted by atomic mass is 35.5. The summed E-state index contributed by atoms with van der Waals surface area (Å²) in [7, 11) is 1.88. The van der Waals surface area contributed by atoms with E-state index in [1.165, 1.54) is 0 Å². The monoisotopic (exact) mass is 250 g/mol. The van der Waals surface area contributed by atoms with Crippen molar-refractivity contribution >= 4 is 17.3 Å². The van der Waals surface area contributed by atoms with Crippen LogP contribution >= 0.6 is 11.6 Å². The Kier molecular flexibility index (Phi) is 3.33. The van der Waals surface area contributed by atoms with Crippen LogP contribution in [0, 0.1) is 0 Å². The third kappa shape index (κ3) is 2.42. The Morgan fingerprint density at radius 3 is 2.82 bits per heavy atom. The van der Waals surface area contributed by atoms with Gasteiger partial charge in [-0.2, -0.15) is 5.10 Å². The maximum Gasteiger partial charge on any atom is 0.158 e. The molecule has 0 atom stereocenters. The summed E-state index contributed by atoms with van der Waals surface area (Å²) in [5, 5.41) is 4.90. The quantitative estimate of drug-likeness (QED) is 0.852. The summed E-state index contributed by atoms with van der Waals surface area (Å²) < 4.78 is 1.77. The van der Waals surface area contributed by atoms with Crippen molar-refractivity contribution in [2.24, 2.45) is 7.05 Å². The predicted octanol–water partition coefficient (Wildman–Crippen LogP) is 2.67. The third-order valence-corrected chi connectivity index (χ3v) is 2.87. The number of benzene rings is 1. The number of nitrogens with zero attached hydrogens (tertiary/aromatic N) is 3.